The Kier molecular flexibility index (Phi) is 4.76. The maximum Gasteiger partial charge on any atom is 0.410 e. The number of piperidine rings is 2. The van der Waals surface area contributed by atoms with Gasteiger partial charge in [0, 0.05) is 12.6 Å². The minimum atomic E-state index is -0.485. The van der Waals surface area contributed by atoms with Crippen molar-refractivity contribution in [3.05, 3.63) is 0 Å². The number of ether oxygens (including phenoxy) is 2. The van der Waals surface area contributed by atoms with Crippen LogP contribution in [0, 0.1) is 0 Å². The fourth-order valence-electron chi connectivity index (χ4n) is 3.16. The predicted molar refractivity (Wildman–Crippen MR) is 77.9 cm³/mol. The molecule has 2 aliphatic heterocycles. The lowest BCUT2D eigenvalue weighted by Gasteiger charge is -2.46. The zero-order chi connectivity index (χ0) is 15.6. The van der Waals surface area contributed by atoms with Gasteiger partial charge >= 0.3 is 12.1 Å². The number of carbonyl (C=O) groups excluding carboxylic acids is 2. The number of methoxy groups -OCH3 is 1. The summed E-state index contributed by atoms with van der Waals surface area (Å²) in [5.41, 5.74) is -0.485. The molecular formula is C15H26N2O4. The van der Waals surface area contributed by atoms with Crippen molar-refractivity contribution in [1.82, 2.24) is 10.2 Å². The van der Waals surface area contributed by atoms with Crippen molar-refractivity contribution in [2.24, 2.45) is 0 Å². The highest BCUT2D eigenvalue weighted by molar-refractivity contribution is 5.76. The van der Waals surface area contributed by atoms with Crippen LogP contribution in [0.4, 0.5) is 4.79 Å². The van der Waals surface area contributed by atoms with Gasteiger partial charge in [0.25, 0.3) is 0 Å². The summed E-state index contributed by atoms with van der Waals surface area (Å²) in [6.07, 6.45) is 3.12. The van der Waals surface area contributed by atoms with Crippen molar-refractivity contribution >= 4 is 12.1 Å². The fourth-order valence-corrected chi connectivity index (χ4v) is 3.16. The zero-order valence-electron chi connectivity index (χ0n) is 13.3. The van der Waals surface area contributed by atoms with Crippen molar-refractivity contribution in [3.8, 4) is 0 Å². The highest BCUT2D eigenvalue weighted by atomic mass is 16.6. The molecule has 0 saturated carbocycles. The second-order valence-corrected chi connectivity index (χ2v) is 6.81. The molecule has 0 spiro atoms. The Labute approximate surface area is 126 Å². The minimum absolute atomic E-state index is 0.106. The lowest BCUT2D eigenvalue weighted by molar-refractivity contribution is -0.144. The average Bonchev–Trinajstić information content (AvgIpc) is 2.43. The number of hydrogen-bond donors (Lipinski definition) is 1. The van der Waals surface area contributed by atoms with Crippen molar-refractivity contribution in [1.29, 1.82) is 0 Å². The third kappa shape index (κ3) is 3.87. The number of carbonyl (C=O) groups is 2. The summed E-state index contributed by atoms with van der Waals surface area (Å²) in [4.78, 5) is 25.8. The van der Waals surface area contributed by atoms with Gasteiger partial charge in [-0.3, -0.25) is 10.1 Å². The van der Waals surface area contributed by atoms with Crippen LogP contribution < -0.4 is 5.32 Å². The second kappa shape index (κ2) is 6.22. The molecule has 21 heavy (non-hydrogen) atoms. The van der Waals surface area contributed by atoms with Gasteiger partial charge in [-0.05, 0) is 46.5 Å². The van der Waals surface area contributed by atoms with Crippen LogP contribution in [-0.4, -0.2) is 54.3 Å². The van der Waals surface area contributed by atoms with E-state index in [-0.39, 0.29) is 30.2 Å². The average molecular weight is 298 g/mol. The van der Waals surface area contributed by atoms with Crippen molar-refractivity contribution < 1.29 is 19.1 Å². The molecular weight excluding hydrogens is 272 g/mol. The van der Waals surface area contributed by atoms with E-state index in [1.165, 1.54) is 7.11 Å². The topological polar surface area (TPSA) is 67.9 Å². The van der Waals surface area contributed by atoms with E-state index in [0.29, 0.717) is 6.42 Å². The van der Waals surface area contributed by atoms with Gasteiger partial charge in [0.15, 0.2) is 0 Å². The van der Waals surface area contributed by atoms with Crippen LogP contribution in [0.5, 0.6) is 0 Å². The third-order valence-corrected chi connectivity index (χ3v) is 4.06. The molecule has 3 atom stereocenters. The molecule has 0 aromatic carbocycles. The molecule has 2 fully saturated rings. The Morgan fingerprint density at radius 1 is 1.19 bits per heavy atom. The van der Waals surface area contributed by atoms with Crippen molar-refractivity contribution in [2.75, 3.05) is 13.7 Å². The fraction of sp³-hybridized carbons (Fsp3) is 0.867. The summed E-state index contributed by atoms with van der Waals surface area (Å²) >= 11 is 0. The number of nitrogens with one attached hydrogen (secondary N) is 1. The molecule has 6 heteroatoms. The molecule has 0 radical (unpaired) electrons. The van der Waals surface area contributed by atoms with E-state index >= 15 is 0 Å². The highest BCUT2D eigenvalue weighted by Crippen LogP contribution is 2.28. The number of rotatable bonds is 1. The largest absolute Gasteiger partial charge is 0.468 e. The molecule has 1 amide bonds. The standard InChI is InChI=1S/C15H26N2O4/c1-15(2,3)21-14(19)17-9-5-6-10-12(17)8-7-11(16-10)13(18)20-4/h10-12,16H,5-9H2,1-4H3/t10-,11?,12-/m0/s1. The second-order valence-electron chi connectivity index (χ2n) is 6.81. The quantitative estimate of drug-likeness (QED) is 0.746. The number of likely N-dealkylation sites (tertiary alicyclic amines) is 1. The Balaban J connectivity index is 2.01. The van der Waals surface area contributed by atoms with Gasteiger partial charge < -0.3 is 14.4 Å². The Morgan fingerprint density at radius 2 is 1.90 bits per heavy atom. The van der Waals surface area contributed by atoms with E-state index in [0.717, 1.165) is 25.8 Å². The third-order valence-electron chi connectivity index (χ3n) is 4.06. The van der Waals surface area contributed by atoms with E-state index in [9.17, 15) is 9.59 Å². The summed E-state index contributed by atoms with van der Waals surface area (Å²) in [6.45, 7) is 6.34. The van der Waals surface area contributed by atoms with Crippen LogP contribution >= 0.6 is 0 Å². The first kappa shape index (κ1) is 16.1. The smallest absolute Gasteiger partial charge is 0.410 e. The zero-order valence-corrected chi connectivity index (χ0v) is 13.3. The van der Waals surface area contributed by atoms with E-state index in [1.54, 1.807) is 0 Å². The number of nitrogens with zero attached hydrogens (tertiary/aromatic N) is 1. The number of hydrogen-bond acceptors (Lipinski definition) is 5. The SMILES string of the molecule is COC(=O)C1CC[C@H]2[C@H](CCCN2C(=O)OC(C)(C)C)N1. The van der Waals surface area contributed by atoms with Crippen molar-refractivity contribution in [3.63, 3.8) is 0 Å². The maximum absolute atomic E-state index is 12.3. The molecule has 2 aliphatic rings. The molecule has 0 aromatic heterocycles. The number of esters is 1. The normalized spacial score (nSPS) is 29.5. The maximum atomic E-state index is 12.3. The summed E-state index contributed by atoms with van der Waals surface area (Å²) in [5.74, 6) is -0.220. The van der Waals surface area contributed by atoms with Gasteiger partial charge in [0.1, 0.15) is 11.6 Å². The van der Waals surface area contributed by atoms with Gasteiger partial charge in [-0.2, -0.15) is 0 Å². The number of amides is 1. The summed E-state index contributed by atoms with van der Waals surface area (Å²) in [6, 6.07) is -0.00605. The lowest BCUT2D eigenvalue weighted by atomic mass is 9.87. The van der Waals surface area contributed by atoms with Gasteiger partial charge in [-0.15, -0.1) is 0 Å². The molecule has 0 aromatic rings. The van der Waals surface area contributed by atoms with Gasteiger partial charge in [0.05, 0.1) is 13.2 Å². The molecule has 2 heterocycles. The van der Waals surface area contributed by atoms with Crippen LogP contribution in [0.2, 0.25) is 0 Å². The Morgan fingerprint density at radius 3 is 2.52 bits per heavy atom. The van der Waals surface area contributed by atoms with Crippen LogP contribution in [0.1, 0.15) is 46.5 Å². The van der Waals surface area contributed by atoms with Crippen molar-refractivity contribution in [2.45, 2.75) is 70.2 Å². The van der Waals surface area contributed by atoms with E-state index in [4.69, 9.17) is 9.47 Å². The first-order chi connectivity index (χ1) is 9.81. The lowest BCUT2D eigenvalue weighted by Crippen LogP contribution is -2.62. The van der Waals surface area contributed by atoms with E-state index in [2.05, 4.69) is 5.32 Å². The first-order valence-electron chi connectivity index (χ1n) is 7.65. The molecule has 2 rings (SSSR count). The highest BCUT2D eigenvalue weighted by Gasteiger charge is 2.41. The first-order valence-corrected chi connectivity index (χ1v) is 7.65. The predicted octanol–water partition coefficient (Wildman–Crippen LogP) is 1.68. The van der Waals surface area contributed by atoms with E-state index < -0.39 is 5.60 Å². The molecule has 1 N–H and O–H groups in total. The molecule has 2 saturated heterocycles. The molecule has 0 bridgehead atoms. The van der Waals surface area contributed by atoms with Crippen LogP contribution in [0.25, 0.3) is 0 Å². The summed E-state index contributed by atoms with van der Waals surface area (Å²) in [5, 5.41) is 3.33. The summed E-state index contributed by atoms with van der Waals surface area (Å²) < 4.78 is 10.3. The van der Waals surface area contributed by atoms with Crippen LogP contribution in [0.15, 0.2) is 0 Å². The molecule has 120 valence electrons. The Hall–Kier alpha value is -1.30. The Bertz CT molecular complexity index is 405. The van der Waals surface area contributed by atoms with Gasteiger partial charge in [-0.1, -0.05) is 0 Å². The van der Waals surface area contributed by atoms with Crippen LogP contribution in [-0.2, 0) is 14.3 Å². The molecule has 0 aliphatic carbocycles. The molecule has 6 nitrogen and oxygen atoms in total. The summed E-state index contributed by atoms with van der Waals surface area (Å²) in [7, 11) is 1.41. The van der Waals surface area contributed by atoms with Crippen LogP contribution in [0.3, 0.4) is 0 Å². The minimum Gasteiger partial charge on any atom is -0.468 e. The van der Waals surface area contributed by atoms with Gasteiger partial charge in [-0.25, -0.2) is 4.79 Å². The number of fused-ring (bicyclic) bond motifs is 1. The van der Waals surface area contributed by atoms with E-state index in [1.807, 2.05) is 25.7 Å². The monoisotopic (exact) mass is 298 g/mol. The van der Waals surface area contributed by atoms with Gasteiger partial charge in [0.2, 0.25) is 0 Å². The molecule has 1 unspecified atom stereocenters.